The normalized spacial score (nSPS) is 15.4. The number of benzene rings is 1. The predicted molar refractivity (Wildman–Crippen MR) is 71.6 cm³/mol. The van der Waals surface area contributed by atoms with E-state index in [1.54, 1.807) is 24.3 Å². The van der Waals surface area contributed by atoms with Crippen LogP contribution in [-0.2, 0) is 22.2 Å². The van der Waals surface area contributed by atoms with Crippen molar-refractivity contribution < 1.29 is 13.5 Å². The minimum absolute atomic E-state index is 0.0568. The zero-order valence-electron chi connectivity index (χ0n) is 10.8. The first-order chi connectivity index (χ1) is 9.58. The topological polar surface area (TPSA) is 95.9 Å². The summed E-state index contributed by atoms with van der Waals surface area (Å²) in [6, 6.07) is 6.80. The van der Waals surface area contributed by atoms with Crippen LogP contribution in [0.25, 0.3) is 0 Å². The van der Waals surface area contributed by atoms with Gasteiger partial charge in [-0.15, -0.1) is 5.10 Å². The molecule has 0 atom stereocenters. The van der Waals surface area contributed by atoms with E-state index < -0.39 is 9.84 Å². The monoisotopic (exact) mass is 293 g/mol. The van der Waals surface area contributed by atoms with Gasteiger partial charge in [0.2, 0.25) is 9.84 Å². The van der Waals surface area contributed by atoms with Crippen molar-refractivity contribution in [3.8, 4) is 0 Å². The van der Waals surface area contributed by atoms with Crippen molar-refractivity contribution in [1.29, 1.82) is 0 Å². The fourth-order valence-electron chi connectivity index (χ4n) is 1.96. The maximum atomic E-state index is 12.2. The van der Waals surface area contributed by atoms with Crippen LogP contribution in [0.15, 0.2) is 29.4 Å². The third kappa shape index (κ3) is 2.73. The number of aliphatic hydroxyl groups is 1. The van der Waals surface area contributed by atoms with Crippen LogP contribution in [-0.4, -0.2) is 28.7 Å². The molecule has 0 amide bonds. The Hall–Kier alpha value is -1.73. The summed E-state index contributed by atoms with van der Waals surface area (Å²) in [5.41, 5.74) is 1.40. The quantitative estimate of drug-likeness (QED) is 0.862. The minimum Gasteiger partial charge on any atom is -0.392 e. The van der Waals surface area contributed by atoms with E-state index in [1.807, 2.05) is 0 Å². The summed E-state index contributed by atoms with van der Waals surface area (Å²) in [5, 5.41) is 15.3. The molecule has 0 unspecified atom stereocenters. The molecule has 1 aromatic heterocycles. The van der Waals surface area contributed by atoms with Crippen molar-refractivity contribution in [2.75, 3.05) is 0 Å². The molecule has 1 heterocycles. The third-order valence-corrected chi connectivity index (χ3v) is 4.74. The molecule has 0 radical (unpaired) electrons. The van der Waals surface area contributed by atoms with Gasteiger partial charge in [-0.2, -0.15) is 0 Å². The number of nitrogens with zero attached hydrogens (tertiary/aromatic N) is 2. The average Bonchev–Trinajstić information content (AvgIpc) is 3.16. The van der Waals surface area contributed by atoms with Crippen LogP contribution >= 0.6 is 0 Å². The van der Waals surface area contributed by atoms with Crippen LogP contribution < -0.4 is 0 Å². The van der Waals surface area contributed by atoms with Crippen LogP contribution in [0.2, 0.25) is 0 Å². The van der Waals surface area contributed by atoms with Crippen molar-refractivity contribution in [2.45, 2.75) is 36.3 Å². The maximum Gasteiger partial charge on any atom is 0.267 e. The number of H-pyrrole nitrogens is 1. The largest absolute Gasteiger partial charge is 0.392 e. The van der Waals surface area contributed by atoms with Crippen LogP contribution in [0.1, 0.15) is 35.7 Å². The van der Waals surface area contributed by atoms with Gasteiger partial charge in [0.25, 0.3) is 5.16 Å². The molecule has 2 aromatic rings. The first kappa shape index (κ1) is 13.3. The average molecular weight is 293 g/mol. The van der Waals surface area contributed by atoms with E-state index in [0.717, 1.165) is 18.4 Å². The molecular weight excluding hydrogens is 278 g/mol. The second-order valence-electron chi connectivity index (χ2n) is 5.01. The predicted octanol–water partition coefficient (Wildman–Crippen LogP) is 1.15. The van der Waals surface area contributed by atoms with Crippen LogP contribution in [0.3, 0.4) is 0 Å². The second-order valence-corrected chi connectivity index (χ2v) is 6.89. The number of hydrogen-bond acceptors (Lipinski definition) is 5. The minimum atomic E-state index is -3.53. The molecule has 1 fully saturated rings. The molecule has 2 N–H and O–H groups in total. The van der Waals surface area contributed by atoms with Gasteiger partial charge in [-0.1, -0.05) is 24.3 Å². The fraction of sp³-hybridized carbons (Fsp3) is 0.385. The number of nitrogens with one attached hydrogen (secondary N) is 1. The Balaban J connectivity index is 1.79. The molecule has 0 aliphatic heterocycles. The highest BCUT2D eigenvalue weighted by atomic mass is 32.2. The van der Waals surface area contributed by atoms with E-state index in [-0.39, 0.29) is 17.5 Å². The molecule has 20 heavy (non-hydrogen) atoms. The summed E-state index contributed by atoms with van der Waals surface area (Å²) in [6.07, 6.45) is 2.08. The lowest BCUT2D eigenvalue weighted by atomic mass is 10.2. The van der Waals surface area contributed by atoms with Crippen molar-refractivity contribution in [1.82, 2.24) is 15.2 Å². The summed E-state index contributed by atoms with van der Waals surface area (Å²) in [5.74, 6) is 0.871. The van der Waals surface area contributed by atoms with Gasteiger partial charge in [0.1, 0.15) is 5.82 Å². The summed E-state index contributed by atoms with van der Waals surface area (Å²) in [6.45, 7) is -0.0568. The highest BCUT2D eigenvalue weighted by Gasteiger charge is 2.29. The number of aromatic amines is 1. The summed E-state index contributed by atoms with van der Waals surface area (Å²) < 4.78 is 24.4. The SMILES string of the molecule is O=S(=O)(Cc1ccc(CO)cc1)c1n[nH]c(C2CC2)n1. The second kappa shape index (κ2) is 4.99. The zero-order valence-corrected chi connectivity index (χ0v) is 11.6. The Bertz CT molecular complexity index is 703. The highest BCUT2D eigenvalue weighted by molar-refractivity contribution is 7.90. The van der Waals surface area contributed by atoms with E-state index >= 15 is 0 Å². The lowest BCUT2D eigenvalue weighted by Gasteiger charge is -2.02. The van der Waals surface area contributed by atoms with Gasteiger partial charge < -0.3 is 5.11 Å². The Labute approximate surface area is 116 Å². The van der Waals surface area contributed by atoms with Crippen molar-refractivity contribution in [2.24, 2.45) is 0 Å². The van der Waals surface area contributed by atoms with E-state index in [2.05, 4.69) is 15.2 Å². The molecule has 1 aliphatic rings. The van der Waals surface area contributed by atoms with E-state index in [4.69, 9.17) is 5.11 Å². The van der Waals surface area contributed by atoms with Crippen LogP contribution in [0.4, 0.5) is 0 Å². The summed E-state index contributed by atoms with van der Waals surface area (Å²) in [7, 11) is -3.53. The first-order valence-corrected chi connectivity index (χ1v) is 8.07. The molecular formula is C13H15N3O3S. The fourth-order valence-corrected chi connectivity index (χ4v) is 3.14. The molecule has 0 bridgehead atoms. The number of aromatic nitrogens is 3. The maximum absolute atomic E-state index is 12.2. The lowest BCUT2D eigenvalue weighted by molar-refractivity contribution is 0.282. The number of sulfone groups is 1. The number of rotatable bonds is 5. The first-order valence-electron chi connectivity index (χ1n) is 6.42. The van der Waals surface area contributed by atoms with Crippen LogP contribution in [0, 0.1) is 0 Å². The van der Waals surface area contributed by atoms with Crippen molar-refractivity contribution in [3.63, 3.8) is 0 Å². The Morgan fingerprint density at radius 1 is 1.20 bits per heavy atom. The van der Waals surface area contributed by atoms with Crippen LogP contribution in [0.5, 0.6) is 0 Å². The molecule has 0 spiro atoms. The molecule has 1 aliphatic carbocycles. The van der Waals surface area contributed by atoms with Gasteiger partial charge >= 0.3 is 0 Å². The van der Waals surface area contributed by atoms with Crippen molar-refractivity contribution in [3.05, 3.63) is 41.2 Å². The number of hydrogen-bond donors (Lipinski definition) is 2. The third-order valence-electron chi connectivity index (χ3n) is 3.29. The molecule has 106 valence electrons. The summed E-state index contributed by atoms with van der Waals surface area (Å²) >= 11 is 0. The van der Waals surface area contributed by atoms with Gasteiger partial charge in [0.05, 0.1) is 12.4 Å². The van der Waals surface area contributed by atoms with E-state index in [1.165, 1.54) is 0 Å². The van der Waals surface area contributed by atoms with Gasteiger partial charge in [-0.05, 0) is 24.0 Å². The molecule has 0 saturated heterocycles. The van der Waals surface area contributed by atoms with Gasteiger partial charge in [0, 0.05) is 5.92 Å². The molecule has 6 nitrogen and oxygen atoms in total. The highest BCUT2D eigenvalue weighted by Crippen LogP contribution is 2.38. The number of aliphatic hydroxyl groups excluding tert-OH is 1. The molecule has 1 saturated carbocycles. The Morgan fingerprint density at radius 3 is 2.45 bits per heavy atom. The molecule has 7 heteroatoms. The standard InChI is InChI=1S/C13H15N3O3S/c17-7-9-1-3-10(4-2-9)8-20(18,19)13-14-12(15-16-13)11-5-6-11/h1-4,11,17H,5-8H2,(H,14,15,16). The lowest BCUT2D eigenvalue weighted by Crippen LogP contribution is -2.07. The zero-order chi connectivity index (χ0) is 14.2. The van der Waals surface area contributed by atoms with Gasteiger partial charge in [-0.3, -0.25) is 5.10 Å². The van der Waals surface area contributed by atoms with Gasteiger partial charge in [-0.25, -0.2) is 13.4 Å². The smallest absolute Gasteiger partial charge is 0.267 e. The van der Waals surface area contributed by atoms with E-state index in [0.29, 0.717) is 17.3 Å². The molecule has 1 aromatic carbocycles. The van der Waals surface area contributed by atoms with E-state index in [9.17, 15) is 8.42 Å². The van der Waals surface area contributed by atoms with Crippen molar-refractivity contribution >= 4 is 9.84 Å². The Kier molecular flexibility index (Phi) is 3.31. The summed E-state index contributed by atoms with van der Waals surface area (Å²) in [4.78, 5) is 4.08. The Morgan fingerprint density at radius 2 is 1.85 bits per heavy atom. The molecule has 3 rings (SSSR count). The van der Waals surface area contributed by atoms with Gasteiger partial charge in [0.15, 0.2) is 0 Å².